The lowest BCUT2D eigenvalue weighted by atomic mass is 10.5. The van der Waals surface area contributed by atoms with E-state index in [1.165, 1.54) is 0 Å². The Balaban J connectivity index is 0.000000217. The molecule has 0 radical (unpaired) electrons. The first-order valence-electron chi connectivity index (χ1n) is 3.17. The van der Waals surface area contributed by atoms with Crippen LogP contribution in [0.5, 0.6) is 0 Å². The van der Waals surface area contributed by atoms with Crippen molar-refractivity contribution in [3.63, 3.8) is 0 Å². The van der Waals surface area contributed by atoms with E-state index < -0.39 is 9.39 Å². The molecule has 1 rings (SSSR count). The number of halogens is 4. The second-order valence-corrected chi connectivity index (χ2v) is 14.9. The van der Waals surface area contributed by atoms with Gasteiger partial charge in [0.1, 0.15) is 7.05 Å². The average Bonchev–Trinajstić information content (AvgIpc) is 1.85. The first kappa shape index (κ1) is 12.8. The number of aromatic nitrogens is 1. The molecule has 0 atom stereocenters. The second-order valence-electron chi connectivity index (χ2n) is 2.04. The van der Waals surface area contributed by atoms with Gasteiger partial charge in [-0.3, -0.25) is 0 Å². The van der Waals surface area contributed by atoms with E-state index in [-0.39, 0.29) is 0 Å². The Hall–Kier alpha value is 0.842. The predicted molar refractivity (Wildman–Crippen MR) is 56.8 cm³/mol. The molecule has 0 saturated heterocycles. The summed E-state index contributed by atoms with van der Waals surface area (Å²) in [5.74, 6) is 0. The van der Waals surface area contributed by atoms with Gasteiger partial charge in [-0.05, 0) is 0 Å². The Bertz CT molecular complexity index is 205. The van der Waals surface area contributed by atoms with Gasteiger partial charge in [0, 0.05) is 12.1 Å². The Morgan fingerprint density at radius 1 is 0.917 bits per heavy atom. The van der Waals surface area contributed by atoms with Gasteiger partial charge in [0.25, 0.3) is 0 Å². The maximum Gasteiger partial charge on any atom is 0.564 e. The summed E-state index contributed by atoms with van der Waals surface area (Å²) in [6.45, 7) is 0. The number of hydrogen-bond donors (Lipinski definition) is 0. The molecule has 0 aliphatic rings. The molecule has 0 bridgehead atoms. The van der Waals surface area contributed by atoms with Gasteiger partial charge in [0.05, 0.1) is 0 Å². The van der Waals surface area contributed by atoms with Gasteiger partial charge >= 0.3 is 9.39 Å². The average molecular weight is 263 g/mol. The minimum atomic E-state index is -2.94. The van der Waals surface area contributed by atoms with Crippen LogP contribution in [0.4, 0.5) is 0 Å². The van der Waals surface area contributed by atoms with Gasteiger partial charge in [-0.25, -0.2) is 4.57 Å². The van der Waals surface area contributed by atoms with Crippen molar-refractivity contribution in [1.82, 2.24) is 0 Å². The molecule has 12 heavy (non-hydrogen) atoms. The van der Waals surface area contributed by atoms with Crippen LogP contribution in [0.1, 0.15) is 0 Å². The molecule has 0 fully saturated rings. The molecule has 1 aromatic rings. The van der Waals surface area contributed by atoms with Gasteiger partial charge in [-0.15, -0.1) is 0 Å². The third kappa shape index (κ3) is 13.4. The lowest BCUT2D eigenvalue weighted by Crippen LogP contribution is -2.25. The highest BCUT2D eigenvalue weighted by Crippen LogP contribution is 2.23. The molecule has 0 spiro atoms. The maximum absolute atomic E-state index is 4.99. The van der Waals surface area contributed by atoms with Crippen LogP contribution in [-0.2, 0) is 7.05 Å². The third-order valence-electron chi connectivity index (χ3n) is 0.865. The van der Waals surface area contributed by atoms with Crippen LogP contribution in [0, 0.1) is 0 Å². The third-order valence-corrected chi connectivity index (χ3v) is 0.865. The van der Waals surface area contributed by atoms with E-state index in [0.29, 0.717) is 0 Å². The lowest BCUT2D eigenvalue weighted by molar-refractivity contribution is -0.671. The number of nitrogens with zero attached hydrogens (tertiary/aromatic N) is 1. The molecular formula is C6H8AlCl4N. The summed E-state index contributed by atoms with van der Waals surface area (Å²) in [4.78, 5) is 0. The highest BCUT2D eigenvalue weighted by atomic mass is 35.9. The van der Waals surface area contributed by atoms with Crippen LogP contribution in [0.25, 0.3) is 0 Å². The quantitative estimate of drug-likeness (QED) is 0.500. The molecule has 0 aliphatic heterocycles. The molecule has 0 aromatic carbocycles. The van der Waals surface area contributed by atoms with E-state index in [9.17, 15) is 0 Å². The Labute approximate surface area is 91.3 Å². The first-order valence-corrected chi connectivity index (χ1v) is 10.2. The van der Waals surface area contributed by atoms with Crippen LogP contribution in [-0.4, -0.2) is 9.39 Å². The minimum absolute atomic E-state index is 2.00. The fourth-order valence-electron chi connectivity index (χ4n) is 0.485. The van der Waals surface area contributed by atoms with Crippen molar-refractivity contribution in [3.8, 4) is 0 Å². The molecule has 0 unspecified atom stereocenters. The van der Waals surface area contributed by atoms with Crippen molar-refractivity contribution in [2.24, 2.45) is 7.05 Å². The molecule has 68 valence electrons. The Morgan fingerprint density at radius 2 is 1.25 bits per heavy atom. The first-order chi connectivity index (χ1) is 5.39. The number of pyridine rings is 1. The van der Waals surface area contributed by atoms with Crippen LogP contribution in [0.15, 0.2) is 30.6 Å². The van der Waals surface area contributed by atoms with Gasteiger partial charge in [0.2, 0.25) is 0 Å². The van der Waals surface area contributed by atoms with E-state index in [1.54, 1.807) is 0 Å². The van der Waals surface area contributed by atoms with Gasteiger partial charge in [-0.2, -0.15) is 0 Å². The van der Waals surface area contributed by atoms with E-state index in [2.05, 4.69) is 0 Å². The van der Waals surface area contributed by atoms with Crippen molar-refractivity contribution in [1.29, 1.82) is 0 Å². The standard InChI is InChI=1S/C6H8N.Al.4ClH/c1-7-5-3-2-4-6-7;;;;;/h2-6H,1H3;;4*1H/q+1;+3;;;;/p-4. The maximum atomic E-state index is 4.99. The zero-order valence-corrected chi connectivity index (χ0v) is 10.6. The molecule has 6 heteroatoms. The summed E-state index contributed by atoms with van der Waals surface area (Å²) in [6.07, 6.45) is 4.00. The molecule has 0 N–H and O–H groups in total. The van der Waals surface area contributed by atoms with Crippen LogP contribution in [0.3, 0.4) is 0 Å². The monoisotopic (exact) mass is 261 g/mol. The Kier molecular flexibility index (Phi) is 6.76. The zero-order chi connectivity index (χ0) is 9.61. The fraction of sp³-hybridized carbons (Fsp3) is 0.167. The summed E-state index contributed by atoms with van der Waals surface area (Å²) < 4.78 is 2.00. The second kappa shape index (κ2) is 6.32. The molecular weight excluding hydrogens is 255 g/mol. The lowest BCUT2D eigenvalue weighted by Gasteiger charge is -1.97. The van der Waals surface area contributed by atoms with E-state index in [4.69, 9.17) is 40.2 Å². The highest BCUT2D eigenvalue weighted by molar-refractivity contribution is 7.81. The Morgan fingerprint density at radius 3 is 1.42 bits per heavy atom. The molecule has 0 aliphatic carbocycles. The van der Waals surface area contributed by atoms with Crippen LogP contribution >= 0.6 is 40.2 Å². The molecule has 1 heterocycles. The van der Waals surface area contributed by atoms with Gasteiger partial charge in [0.15, 0.2) is 12.4 Å². The smallest absolute Gasteiger partial charge is 0.391 e. The van der Waals surface area contributed by atoms with Crippen molar-refractivity contribution in [2.45, 2.75) is 0 Å². The largest absolute Gasteiger partial charge is 0.564 e. The van der Waals surface area contributed by atoms with Crippen molar-refractivity contribution >= 4 is 49.6 Å². The zero-order valence-electron chi connectivity index (χ0n) is 6.42. The molecule has 1 nitrogen and oxygen atoms in total. The summed E-state index contributed by atoms with van der Waals surface area (Å²) in [7, 11) is 19.0. The number of hydrogen-bond acceptors (Lipinski definition) is 0. The van der Waals surface area contributed by atoms with Crippen LogP contribution in [0.2, 0.25) is 0 Å². The predicted octanol–water partition coefficient (Wildman–Crippen LogP) is 2.89. The summed E-state index contributed by atoms with van der Waals surface area (Å²) >= 11 is 0. The summed E-state index contributed by atoms with van der Waals surface area (Å²) in [5, 5.41) is 0. The summed E-state index contributed by atoms with van der Waals surface area (Å²) in [5.41, 5.74) is 0. The number of aryl methyl sites for hydroxylation is 1. The van der Waals surface area contributed by atoms with Crippen molar-refractivity contribution in [2.75, 3.05) is 0 Å². The van der Waals surface area contributed by atoms with E-state index in [0.717, 1.165) is 0 Å². The fourth-order valence-corrected chi connectivity index (χ4v) is 0.485. The van der Waals surface area contributed by atoms with Crippen LogP contribution < -0.4 is 4.57 Å². The molecule has 1 aromatic heterocycles. The SMILES string of the molecule is C[n+]1ccccc1.[Cl][Al-]([Cl])([Cl])[Cl]. The van der Waals surface area contributed by atoms with Crippen molar-refractivity contribution < 1.29 is 4.57 Å². The summed E-state index contributed by atoms with van der Waals surface area (Å²) in [6, 6.07) is 6.00. The van der Waals surface area contributed by atoms with Crippen molar-refractivity contribution in [3.05, 3.63) is 30.6 Å². The van der Waals surface area contributed by atoms with E-state index >= 15 is 0 Å². The van der Waals surface area contributed by atoms with E-state index in [1.807, 2.05) is 42.2 Å². The molecule has 0 saturated carbocycles. The normalized spacial score (nSPS) is 10.1. The number of rotatable bonds is 0. The molecule has 0 amide bonds. The highest BCUT2D eigenvalue weighted by Gasteiger charge is 2.14. The minimum Gasteiger partial charge on any atom is -0.391 e. The van der Waals surface area contributed by atoms with Gasteiger partial charge in [-0.1, -0.05) is 6.07 Å². The topological polar surface area (TPSA) is 3.88 Å². The van der Waals surface area contributed by atoms with Gasteiger partial charge < -0.3 is 40.2 Å².